The van der Waals surface area contributed by atoms with Crippen LogP contribution in [-0.4, -0.2) is 64.3 Å². The molecule has 2 rings (SSSR count). The fraction of sp³-hybridized carbons (Fsp3) is 0.600. The molecule has 0 saturated carbocycles. The molecule has 7 nitrogen and oxygen atoms in total. The number of rotatable bonds is 8. The van der Waals surface area contributed by atoms with Gasteiger partial charge in [0, 0.05) is 44.1 Å². The van der Waals surface area contributed by atoms with E-state index < -0.39 is 0 Å². The van der Waals surface area contributed by atoms with Gasteiger partial charge in [-0.1, -0.05) is 13.8 Å². The summed E-state index contributed by atoms with van der Waals surface area (Å²) < 4.78 is 15.9. The first-order chi connectivity index (χ1) is 12.9. The monoisotopic (exact) mass is 378 g/mol. The molecule has 0 aliphatic carbocycles. The maximum absolute atomic E-state index is 12.8. The van der Waals surface area contributed by atoms with E-state index in [4.69, 9.17) is 14.2 Å². The maximum atomic E-state index is 12.8. The molecule has 27 heavy (non-hydrogen) atoms. The summed E-state index contributed by atoms with van der Waals surface area (Å²) in [5, 5.41) is 2.91. The molecule has 7 heteroatoms. The summed E-state index contributed by atoms with van der Waals surface area (Å²) in [6.45, 7) is 5.49. The minimum atomic E-state index is -0.356. The van der Waals surface area contributed by atoms with E-state index in [9.17, 15) is 9.59 Å². The molecule has 2 atom stereocenters. The van der Waals surface area contributed by atoms with Gasteiger partial charge in [0.2, 0.25) is 11.8 Å². The Balaban J connectivity index is 2.34. The Bertz CT molecular complexity index is 662. The van der Waals surface area contributed by atoms with Gasteiger partial charge in [-0.15, -0.1) is 0 Å². The normalized spacial score (nSPS) is 19.3. The van der Waals surface area contributed by atoms with Gasteiger partial charge < -0.3 is 24.4 Å². The van der Waals surface area contributed by atoms with Crippen LogP contribution in [0.3, 0.4) is 0 Å². The van der Waals surface area contributed by atoms with Gasteiger partial charge in [-0.25, -0.2) is 0 Å². The Kier molecular flexibility index (Phi) is 7.47. The highest BCUT2D eigenvalue weighted by molar-refractivity contribution is 5.84. The summed E-state index contributed by atoms with van der Waals surface area (Å²) in [6.07, 6.45) is 0. The van der Waals surface area contributed by atoms with Crippen LogP contribution in [0.1, 0.15) is 25.3 Å². The number of carbonyl (C=O) groups is 2. The molecule has 0 aromatic heterocycles. The third kappa shape index (κ3) is 4.91. The first kappa shape index (κ1) is 21.0. The summed E-state index contributed by atoms with van der Waals surface area (Å²) in [7, 11) is 4.80. The van der Waals surface area contributed by atoms with Crippen molar-refractivity contribution in [3.05, 3.63) is 23.8 Å². The van der Waals surface area contributed by atoms with Crippen molar-refractivity contribution in [1.29, 1.82) is 0 Å². The van der Waals surface area contributed by atoms with Crippen LogP contribution in [0.15, 0.2) is 18.2 Å². The van der Waals surface area contributed by atoms with Crippen molar-refractivity contribution in [3.8, 4) is 11.5 Å². The van der Waals surface area contributed by atoms with Crippen molar-refractivity contribution >= 4 is 11.8 Å². The zero-order valence-corrected chi connectivity index (χ0v) is 16.8. The van der Waals surface area contributed by atoms with Crippen LogP contribution in [0, 0.1) is 11.8 Å². The van der Waals surface area contributed by atoms with Gasteiger partial charge in [0.25, 0.3) is 0 Å². The largest absolute Gasteiger partial charge is 0.497 e. The molecular weight excluding hydrogens is 348 g/mol. The number of methoxy groups -OCH3 is 3. The third-order valence-electron chi connectivity index (χ3n) is 4.90. The van der Waals surface area contributed by atoms with E-state index >= 15 is 0 Å². The first-order valence-electron chi connectivity index (χ1n) is 9.20. The molecule has 1 aromatic carbocycles. The van der Waals surface area contributed by atoms with Gasteiger partial charge in [0.1, 0.15) is 11.5 Å². The van der Waals surface area contributed by atoms with Crippen molar-refractivity contribution in [2.45, 2.75) is 19.8 Å². The van der Waals surface area contributed by atoms with Crippen LogP contribution < -0.4 is 14.8 Å². The van der Waals surface area contributed by atoms with E-state index in [-0.39, 0.29) is 29.6 Å². The number of ether oxygens (including phenoxy) is 3. The molecular formula is C20H30N2O5. The molecule has 0 spiro atoms. The van der Waals surface area contributed by atoms with Crippen LogP contribution >= 0.6 is 0 Å². The van der Waals surface area contributed by atoms with Crippen molar-refractivity contribution in [1.82, 2.24) is 10.2 Å². The van der Waals surface area contributed by atoms with E-state index in [1.807, 2.05) is 32.0 Å². The number of hydrogen-bond donors (Lipinski definition) is 1. The summed E-state index contributed by atoms with van der Waals surface area (Å²) in [4.78, 5) is 27.1. The van der Waals surface area contributed by atoms with Crippen LogP contribution in [0.25, 0.3) is 0 Å². The molecule has 0 unspecified atom stereocenters. The SMILES string of the molecule is COCCNC(=O)[C@@H]1CN(C(=O)C(C)C)C[C@H]1c1cc(OC)ccc1OC. The number of likely N-dealkylation sites (tertiary alicyclic amines) is 1. The lowest BCUT2D eigenvalue weighted by atomic mass is 9.87. The second-order valence-corrected chi connectivity index (χ2v) is 7.00. The summed E-state index contributed by atoms with van der Waals surface area (Å²) >= 11 is 0. The van der Waals surface area contributed by atoms with E-state index in [2.05, 4.69) is 5.32 Å². The fourth-order valence-electron chi connectivity index (χ4n) is 3.47. The van der Waals surface area contributed by atoms with Gasteiger partial charge in [-0.3, -0.25) is 9.59 Å². The van der Waals surface area contributed by atoms with E-state index in [0.29, 0.717) is 37.7 Å². The minimum Gasteiger partial charge on any atom is -0.497 e. The Morgan fingerprint density at radius 3 is 2.52 bits per heavy atom. The number of hydrogen-bond acceptors (Lipinski definition) is 5. The van der Waals surface area contributed by atoms with Crippen LogP contribution in [-0.2, 0) is 14.3 Å². The zero-order chi connectivity index (χ0) is 20.0. The lowest BCUT2D eigenvalue weighted by Crippen LogP contribution is -2.37. The second-order valence-electron chi connectivity index (χ2n) is 7.00. The van der Waals surface area contributed by atoms with E-state index in [1.54, 1.807) is 26.2 Å². The predicted molar refractivity (Wildman–Crippen MR) is 102 cm³/mol. The zero-order valence-electron chi connectivity index (χ0n) is 16.8. The molecule has 1 aromatic rings. The number of nitrogens with zero attached hydrogens (tertiary/aromatic N) is 1. The van der Waals surface area contributed by atoms with E-state index in [0.717, 1.165) is 5.56 Å². The summed E-state index contributed by atoms with van der Waals surface area (Å²) in [5.74, 6) is 0.710. The molecule has 1 N–H and O–H groups in total. The fourth-order valence-corrected chi connectivity index (χ4v) is 3.47. The summed E-state index contributed by atoms with van der Waals surface area (Å²) in [5.41, 5.74) is 0.878. The first-order valence-corrected chi connectivity index (χ1v) is 9.20. The van der Waals surface area contributed by atoms with Gasteiger partial charge in [-0.2, -0.15) is 0 Å². The molecule has 1 fully saturated rings. The molecule has 1 saturated heterocycles. The average Bonchev–Trinajstić information content (AvgIpc) is 3.12. The molecule has 1 aliphatic rings. The highest BCUT2D eigenvalue weighted by Gasteiger charge is 2.42. The van der Waals surface area contributed by atoms with Gasteiger partial charge in [0.15, 0.2) is 0 Å². The molecule has 2 amide bonds. The van der Waals surface area contributed by atoms with Crippen LogP contribution in [0.2, 0.25) is 0 Å². The quantitative estimate of drug-likeness (QED) is 0.696. The Labute approximate surface area is 161 Å². The lowest BCUT2D eigenvalue weighted by Gasteiger charge is -2.21. The molecule has 0 bridgehead atoms. The molecule has 1 heterocycles. The summed E-state index contributed by atoms with van der Waals surface area (Å²) in [6, 6.07) is 5.55. The molecule has 0 radical (unpaired) electrons. The second kappa shape index (κ2) is 9.60. The van der Waals surface area contributed by atoms with Gasteiger partial charge in [0.05, 0.1) is 26.7 Å². The Hall–Kier alpha value is -2.28. The molecule has 150 valence electrons. The van der Waals surface area contributed by atoms with Crippen molar-refractivity contribution in [3.63, 3.8) is 0 Å². The third-order valence-corrected chi connectivity index (χ3v) is 4.90. The number of nitrogens with one attached hydrogen (secondary N) is 1. The number of carbonyl (C=O) groups excluding carboxylic acids is 2. The standard InChI is InChI=1S/C20H30N2O5/c1-13(2)20(24)22-11-16(17(12-22)19(23)21-8-9-25-3)15-10-14(26-4)6-7-18(15)27-5/h6-7,10,13,16-17H,8-9,11-12H2,1-5H3,(H,21,23)/t16-,17+/m0/s1. The maximum Gasteiger partial charge on any atom is 0.225 e. The van der Waals surface area contributed by atoms with E-state index in [1.165, 1.54) is 0 Å². The topological polar surface area (TPSA) is 77.1 Å². The highest BCUT2D eigenvalue weighted by atomic mass is 16.5. The van der Waals surface area contributed by atoms with Crippen LogP contribution in [0.5, 0.6) is 11.5 Å². The number of benzene rings is 1. The minimum absolute atomic E-state index is 0.0501. The van der Waals surface area contributed by atoms with Gasteiger partial charge >= 0.3 is 0 Å². The Morgan fingerprint density at radius 1 is 1.19 bits per heavy atom. The number of amides is 2. The van der Waals surface area contributed by atoms with Crippen LogP contribution in [0.4, 0.5) is 0 Å². The Morgan fingerprint density at radius 2 is 1.93 bits per heavy atom. The lowest BCUT2D eigenvalue weighted by molar-refractivity contribution is -0.133. The predicted octanol–water partition coefficient (Wildman–Crippen LogP) is 1.66. The van der Waals surface area contributed by atoms with Crippen molar-refractivity contribution < 1.29 is 23.8 Å². The van der Waals surface area contributed by atoms with Gasteiger partial charge in [-0.05, 0) is 18.2 Å². The molecule has 1 aliphatic heterocycles. The average molecular weight is 378 g/mol. The van der Waals surface area contributed by atoms with Crippen molar-refractivity contribution in [2.24, 2.45) is 11.8 Å². The van der Waals surface area contributed by atoms with Crippen molar-refractivity contribution in [2.75, 3.05) is 47.6 Å². The highest BCUT2D eigenvalue weighted by Crippen LogP contribution is 2.39. The smallest absolute Gasteiger partial charge is 0.225 e.